The summed E-state index contributed by atoms with van der Waals surface area (Å²) in [5.74, 6) is 2.54. The Morgan fingerprint density at radius 2 is 1.64 bits per heavy atom. The summed E-state index contributed by atoms with van der Waals surface area (Å²) in [6, 6.07) is 13.6. The van der Waals surface area contributed by atoms with Crippen LogP contribution in [0.4, 0.5) is 0 Å². The third-order valence-electron chi connectivity index (χ3n) is 1.98. The van der Waals surface area contributed by atoms with Crippen LogP contribution in [0.5, 0.6) is 0 Å². The number of rotatable bonds is 0. The molecule has 0 aromatic heterocycles. The molecule has 0 heterocycles. The fourth-order valence-electron chi connectivity index (χ4n) is 1.39. The smallest absolute Gasteiger partial charge is 0.833 e. The molecule has 0 amide bonds. The van der Waals surface area contributed by atoms with E-state index >= 15 is 0 Å². The van der Waals surface area contributed by atoms with Gasteiger partial charge in [0.15, 0.2) is 0 Å². The molecule has 0 radical (unpaired) electrons. The van der Waals surface area contributed by atoms with Crippen LogP contribution in [0.2, 0.25) is 0 Å². The van der Waals surface area contributed by atoms with E-state index < -0.39 is 0 Å². The molecule has 2 aromatic rings. The summed E-state index contributed by atoms with van der Waals surface area (Å²) in [4.78, 5) is 0. The maximum Gasteiger partial charge on any atom is 1.00 e. The van der Waals surface area contributed by atoms with Gasteiger partial charge < -0.3 is 5.11 Å². The van der Waals surface area contributed by atoms with Crippen LogP contribution in [0.15, 0.2) is 42.5 Å². The Kier molecular flexibility index (Phi) is 4.66. The Morgan fingerprint density at radius 3 is 2.43 bits per heavy atom. The fraction of sp³-hybridized carbons (Fsp3) is 0. The first kappa shape index (κ1) is 11.8. The van der Waals surface area contributed by atoms with Gasteiger partial charge in [-0.1, -0.05) is 42.3 Å². The van der Waals surface area contributed by atoms with Crippen LogP contribution in [0, 0.1) is 12.0 Å². The van der Waals surface area contributed by atoms with Gasteiger partial charge in [-0.3, -0.25) is 0 Å². The van der Waals surface area contributed by atoms with Gasteiger partial charge in [-0.2, -0.15) is 6.11 Å². The summed E-state index contributed by atoms with van der Waals surface area (Å²) < 4.78 is 0. The zero-order valence-corrected chi connectivity index (χ0v) is 11.1. The Balaban J connectivity index is 0.000000980. The van der Waals surface area contributed by atoms with E-state index in [0.29, 0.717) is 0 Å². The molecule has 0 bridgehead atoms. The molecule has 14 heavy (non-hydrogen) atoms. The van der Waals surface area contributed by atoms with E-state index in [1.807, 2.05) is 42.5 Å². The van der Waals surface area contributed by atoms with Crippen molar-refractivity contribution in [3.05, 3.63) is 48.0 Å². The first-order valence-corrected chi connectivity index (χ1v) is 4.03. The Morgan fingerprint density at radius 1 is 0.929 bits per heavy atom. The average Bonchev–Trinajstić information content (AvgIpc) is 2.19. The Labute approximate surface area is 126 Å². The first-order valence-electron chi connectivity index (χ1n) is 4.03. The van der Waals surface area contributed by atoms with E-state index in [0.717, 1.165) is 16.3 Å². The predicted molar refractivity (Wildman–Crippen MR) is 50.8 cm³/mol. The fourth-order valence-corrected chi connectivity index (χ4v) is 1.39. The van der Waals surface area contributed by atoms with Gasteiger partial charge in [0.05, 0.1) is 0 Å². The molecular weight excluding hydrogens is 199 g/mol. The van der Waals surface area contributed by atoms with Gasteiger partial charge in [-0.25, -0.2) is 0 Å². The van der Waals surface area contributed by atoms with Gasteiger partial charge in [-0.05, 0) is 16.8 Å². The van der Waals surface area contributed by atoms with Crippen LogP contribution >= 0.6 is 0 Å². The van der Waals surface area contributed by atoms with Gasteiger partial charge >= 0.3 is 51.4 Å². The third kappa shape index (κ3) is 2.38. The minimum absolute atomic E-state index is 0. The number of fused-ring (bicyclic) bond motifs is 1. The average molecular weight is 206 g/mol. The molecule has 0 aliphatic carbocycles. The number of hydrogen-bond donors (Lipinski definition) is 0. The molecule has 0 unspecified atom stereocenters. The molecule has 0 aliphatic heterocycles. The molecule has 0 aliphatic rings. The van der Waals surface area contributed by atoms with Crippen molar-refractivity contribution in [1.29, 1.82) is 0 Å². The second kappa shape index (κ2) is 5.55. The van der Waals surface area contributed by atoms with Gasteiger partial charge in [-0.15, -0.1) is 0 Å². The molecule has 2 aromatic carbocycles. The zero-order chi connectivity index (χ0) is 9.10. The van der Waals surface area contributed by atoms with Gasteiger partial charge in [0.1, 0.15) is 0 Å². The van der Waals surface area contributed by atoms with E-state index in [9.17, 15) is 5.11 Å². The molecule has 0 saturated carbocycles. The van der Waals surface area contributed by atoms with Crippen LogP contribution < -0.4 is 56.5 Å². The minimum atomic E-state index is 0. The van der Waals surface area contributed by atoms with Crippen molar-refractivity contribution in [2.45, 2.75) is 0 Å². The molecule has 62 valence electrons. The minimum Gasteiger partial charge on any atom is -0.833 e. The van der Waals surface area contributed by atoms with Crippen molar-refractivity contribution in [2.24, 2.45) is 0 Å². The molecule has 0 atom stereocenters. The summed E-state index contributed by atoms with van der Waals surface area (Å²) >= 11 is 0. The van der Waals surface area contributed by atoms with E-state index in [-0.39, 0.29) is 51.4 Å². The Hall–Kier alpha value is -0.304. The SMILES string of the molecule is [K+].[O-]C#Cc1cccc2ccccc12. The van der Waals surface area contributed by atoms with E-state index in [4.69, 9.17) is 0 Å². The van der Waals surface area contributed by atoms with E-state index in [1.165, 1.54) is 0 Å². The van der Waals surface area contributed by atoms with E-state index in [2.05, 4.69) is 5.92 Å². The summed E-state index contributed by atoms with van der Waals surface area (Å²) in [6.45, 7) is 0. The predicted octanol–water partition coefficient (Wildman–Crippen LogP) is -1.49. The van der Waals surface area contributed by atoms with Crippen molar-refractivity contribution in [2.75, 3.05) is 0 Å². The standard InChI is InChI=1S/C12H8O.K/c13-9-8-11-6-3-5-10-4-1-2-7-12(10)11;/h1-7,13H;/q;+1/p-1. The Bertz CT molecular complexity index is 489. The van der Waals surface area contributed by atoms with Crippen LogP contribution in [-0.4, -0.2) is 0 Å². The second-order valence-electron chi connectivity index (χ2n) is 2.75. The quantitative estimate of drug-likeness (QED) is 0.380. The third-order valence-corrected chi connectivity index (χ3v) is 1.98. The maximum absolute atomic E-state index is 10.2. The topological polar surface area (TPSA) is 23.1 Å². The first-order chi connectivity index (χ1) is 6.42. The molecule has 0 saturated heterocycles. The summed E-state index contributed by atoms with van der Waals surface area (Å²) in [5.41, 5.74) is 0.799. The molecule has 2 rings (SSSR count). The number of hydrogen-bond acceptors (Lipinski definition) is 1. The molecular formula is C12H7KO. The maximum atomic E-state index is 10.2. The molecule has 2 heteroatoms. The molecule has 0 spiro atoms. The van der Waals surface area contributed by atoms with Gasteiger partial charge in [0.2, 0.25) is 0 Å². The largest absolute Gasteiger partial charge is 1.00 e. The van der Waals surface area contributed by atoms with Crippen molar-refractivity contribution in [1.82, 2.24) is 0 Å². The van der Waals surface area contributed by atoms with Crippen molar-refractivity contribution >= 4 is 10.8 Å². The monoisotopic (exact) mass is 206 g/mol. The second-order valence-corrected chi connectivity index (χ2v) is 2.75. The van der Waals surface area contributed by atoms with Crippen LogP contribution in [0.3, 0.4) is 0 Å². The van der Waals surface area contributed by atoms with E-state index in [1.54, 1.807) is 6.11 Å². The van der Waals surface area contributed by atoms with Crippen molar-refractivity contribution in [3.8, 4) is 12.0 Å². The summed E-state index contributed by atoms with van der Waals surface area (Å²) in [7, 11) is 0. The van der Waals surface area contributed by atoms with Crippen molar-refractivity contribution < 1.29 is 56.5 Å². The molecule has 0 fully saturated rings. The normalized spacial score (nSPS) is 8.57. The summed E-state index contributed by atoms with van der Waals surface area (Å²) in [6.07, 6.45) is 1.68. The van der Waals surface area contributed by atoms with Gasteiger partial charge in [0.25, 0.3) is 0 Å². The molecule has 0 N–H and O–H groups in total. The van der Waals surface area contributed by atoms with Gasteiger partial charge in [0, 0.05) is 5.56 Å². The molecule has 1 nitrogen and oxygen atoms in total. The van der Waals surface area contributed by atoms with Crippen LogP contribution in [0.1, 0.15) is 5.56 Å². The number of benzene rings is 2. The van der Waals surface area contributed by atoms with Crippen LogP contribution in [-0.2, 0) is 0 Å². The zero-order valence-electron chi connectivity index (χ0n) is 7.95. The van der Waals surface area contributed by atoms with Crippen molar-refractivity contribution in [3.63, 3.8) is 0 Å². The summed E-state index contributed by atoms with van der Waals surface area (Å²) in [5, 5.41) is 12.3. The van der Waals surface area contributed by atoms with Crippen LogP contribution in [0.25, 0.3) is 10.8 Å².